The maximum Gasteiger partial charge on any atom is 0.230 e. The van der Waals surface area contributed by atoms with Crippen LogP contribution in [0, 0.1) is 5.92 Å². The third kappa shape index (κ3) is 4.09. The van der Waals surface area contributed by atoms with Crippen LogP contribution in [0.3, 0.4) is 0 Å². The number of nitrogens with one attached hydrogen (secondary N) is 1. The zero-order valence-corrected chi connectivity index (χ0v) is 16.8. The van der Waals surface area contributed by atoms with Crippen LogP contribution in [0.2, 0.25) is 0 Å². The molecule has 3 aromatic rings. The van der Waals surface area contributed by atoms with Gasteiger partial charge in [0.05, 0.1) is 11.1 Å². The van der Waals surface area contributed by atoms with Crippen LogP contribution in [0.1, 0.15) is 29.3 Å². The summed E-state index contributed by atoms with van der Waals surface area (Å²) in [7, 11) is 0. The van der Waals surface area contributed by atoms with Crippen molar-refractivity contribution in [3.05, 3.63) is 46.3 Å². The van der Waals surface area contributed by atoms with Crippen molar-refractivity contribution in [3.8, 4) is 0 Å². The minimum atomic E-state index is -0.0366. The molecule has 2 aromatic heterocycles. The fourth-order valence-corrected chi connectivity index (χ4v) is 5.52. The number of thioether (sulfide) groups is 1. The summed E-state index contributed by atoms with van der Waals surface area (Å²) >= 11 is 3.06. The minimum absolute atomic E-state index is 0.0366. The number of nitrogen functional groups attached to an aromatic ring is 1. The number of aryl methyl sites for hydroxylation is 1. The third-order valence-electron chi connectivity index (χ3n) is 4.83. The van der Waals surface area contributed by atoms with Crippen molar-refractivity contribution in [3.63, 3.8) is 0 Å². The second kappa shape index (κ2) is 7.86. The first kappa shape index (κ1) is 18.3. The molecule has 0 saturated carbocycles. The summed E-state index contributed by atoms with van der Waals surface area (Å²) in [6, 6.07) is 9.87. The standard InChI is InChI=1S/C20H22N4OS2/c1-12-7-8-14-15(9-12)27-19-17(14)18(21)23-20(24-19)26-11-16(25)22-10-13-5-3-2-4-6-13/h2-6,12H,7-11H2,1H3,(H,22,25)(H2,21,23,24)/t12-/m0/s1. The molecule has 0 fully saturated rings. The van der Waals surface area contributed by atoms with Crippen molar-refractivity contribution in [2.45, 2.75) is 37.9 Å². The summed E-state index contributed by atoms with van der Waals surface area (Å²) in [5.74, 6) is 1.49. The van der Waals surface area contributed by atoms with Crippen LogP contribution >= 0.6 is 23.1 Å². The van der Waals surface area contributed by atoms with Gasteiger partial charge in [0.25, 0.3) is 0 Å². The van der Waals surface area contributed by atoms with Crippen LogP contribution in [0.5, 0.6) is 0 Å². The number of rotatable bonds is 5. The average molecular weight is 399 g/mol. The summed E-state index contributed by atoms with van der Waals surface area (Å²) in [5, 5.41) is 4.52. The largest absolute Gasteiger partial charge is 0.383 e. The predicted molar refractivity (Wildman–Crippen MR) is 112 cm³/mol. The lowest BCUT2D eigenvalue weighted by molar-refractivity contribution is -0.118. The highest BCUT2D eigenvalue weighted by atomic mass is 32.2. The number of benzene rings is 1. The molecule has 140 valence electrons. The van der Waals surface area contributed by atoms with Crippen LogP contribution in [0.15, 0.2) is 35.5 Å². The number of hydrogen-bond donors (Lipinski definition) is 2. The molecule has 0 unspecified atom stereocenters. The van der Waals surface area contributed by atoms with Gasteiger partial charge in [-0.25, -0.2) is 9.97 Å². The van der Waals surface area contributed by atoms with Crippen molar-refractivity contribution in [1.82, 2.24) is 15.3 Å². The van der Waals surface area contributed by atoms with E-state index in [0.29, 0.717) is 23.4 Å². The Morgan fingerprint density at radius 1 is 1.33 bits per heavy atom. The second-order valence-corrected chi connectivity index (χ2v) is 9.00. The lowest BCUT2D eigenvalue weighted by atomic mass is 9.89. The van der Waals surface area contributed by atoms with Gasteiger partial charge in [-0.3, -0.25) is 4.79 Å². The zero-order chi connectivity index (χ0) is 18.8. The van der Waals surface area contributed by atoms with Crippen LogP contribution in [0.4, 0.5) is 5.82 Å². The summed E-state index contributed by atoms with van der Waals surface area (Å²) in [4.78, 5) is 23.6. The molecule has 1 aliphatic rings. The molecule has 1 amide bonds. The van der Waals surface area contributed by atoms with Gasteiger partial charge in [0, 0.05) is 11.4 Å². The number of hydrogen-bond acceptors (Lipinski definition) is 6. The first-order valence-corrected chi connectivity index (χ1v) is 10.9. The Morgan fingerprint density at radius 2 is 2.15 bits per heavy atom. The van der Waals surface area contributed by atoms with Crippen LogP contribution in [0.25, 0.3) is 10.2 Å². The number of amides is 1. The zero-order valence-electron chi connectivity index (χ0n) is 15.2. The smallest absolute Gasteiger partial charge is 0.230 e. The van der Waals surface area contributed by atoms with E-state index in [-0.39, 0.29) is 11.7 Å². The first-order chi connectivity index (χ1) is 13.1. The van der Waals surface area contributed by atoms with Crippen LogP contribution in [-0.4, -0.2) is 21.6 Å². The number of nitrogens with zero attached hydrogens (tertiary/aromatic N) is 2. The molecular formula is C20H22N4OS2. The Hall–Kier alpha value is -2.12. The number of anilines is 1. The van der Waals surface area contributed by atoms with E-state index in [4.69, 9.17) is 5.73 Å². The van der Waals surface area contributed by atoms with Crippen molar-refractivity contribution < 1.29 is 4.79 Å². The van der Waals surface area contributed by atoms with Crippen molar-refractivity contribution in [1.29, 1.82) is 0 Å². The highest BCUT2D eigenvalue weighted by Crippen LogP contribution is 2.39. The molecule has 2 heterocycles. The molecule has 0 spiro atoms. The Bertz CT molecular complexity index is 971. The van der Waals surface area contributed by atoms with Crippen molar-refractivity contribution in [2.24, 2.45) is 5.92 Å². The maximum atomic E-state index is 12.1. The van der Waals surface area contributed by atoms with Gasteiger partial charge in [-0.15, -0.1) is 11.3 Å². The first-order valence-electron chi connectivity index (χ1n) is 9.11. The molecule has 0 radical (unpaired) electrons. The summed E-state index contributed by atoms with van der Waals surface area (Å²) in [6.07, 6.45) is 3.34. The van der Waals surface area contributed by atoms with Gasteiger partial charge in [0.15, 0.2) is 5.16 Å². The number of carbonyl (C=O) groups is 1. The molecule has 5 nitrogen and oxygen atoms in total. The number of aromatic nitrogens is 2. The van der Waals surface area contributed by atoms with E-state index in [0.717, 1.165) is 28.6 Å². The van der Waals surface area contributed by atoms with Crippen LogP contribution < -0.4 is 11.1 Å². The van der Waals surface area contributed by atoms with Gasteiger partial charge in [-0.1, -0.05) is 49.0 Å². The molecule has 1 atom stereocenters. The normalized spacial score (nSPS) is 16.3. The van der Waals surface area contributed by atoms with E-state index in [1.165, 1.54) is 28.6 Å². The second-order valence-electron chi connectivity index (χ2n) is 6.97. The van der Waals surface area contributed by atoms with E-state index in [2.05, 4.69) is 22.2 Å². The van der Waals surface area contributed by atoms with Crippen molar-refractivity contribution >= 4 is 45.0 Å². The molecule has 1 aliphatic carbocycles. The number of thiophene rings is 1. The van der Waals surface area contributed by atoms with Gasteiger partial charge < -0.3 is 11.1 Å². The van der Waals surface area contributed by atoms with Gasteiger partial charge in [0.1, 0.15) is 10.6 Å². The lowest BCUT2D eigenvalue weighted by Crippen LogP contribution is -2.24. The van der Waals surface area contributed by atoms with E-state index < -0.39 is 0 Å². The lowest BCUT2D eigenvalue weighted by Gasteiger charge is -2.17. The topological polar surface area (TPSA) is 80.9 Å². The Labute approximate surface area is 166 Å². The fraction of sp³-hybridized carbons (Fsp3) is 0.350. The highest BCUT2D eigenvalue weighted by molar-refractivity contribution is 7.99. The molecule has 4 rings (SSSR count). The number of carbonyl (C=O) groups excluding carboxylic acids is 1. The van der Waals surface area contributed by atoms with E-state index in [9.17, 15) is 4.79 Å². The molecule has 7 heteroatoms. The van der Waals surface area contributed by atoms with Crippen LogP contribution in [-0.2, 0) is 24.2 Å². The highest BCUT2D eigenvalue weighted by Gasteiger charge is 2.23. The Morgan fingerprint density at radius 3 is 2.96 bits per heavy atom. The summed E-state index contributed by atoms with van der Waals surface area (Å²) in [5.41, 5.74) is 8.66. The van der Waals surface area contributed by atoms with Crippen molar-refractivity contribution in [2.75, 3.05) is 11.5 Å². The molecule has 0 bridgehead atoms. The summed E-state index contributed by atoms with van der Waals surface area (Å²) < 4.78 is 0. The Balaban J connectivity index is 1.42. The summed E-state index contributed by atoms with van der Waals surface area (Å²) in [6.45, 7) is 2.82. The monoisotopic (exact) mass is 398 g/mol. The molecule has 1 aromatic carbocycles. The quantitative estimate of drug-likeness (QED) is 0.505. The molecule has 27 heavy (non-hydrogen) atoms. The molecular weight excluding hydrogens is 376 g/mol. The van der Waals surface area contributed by atoms with Gasteiger partial charge in [-0.05, 0) is 36.3 Å². The minimum Gasteiger partial charge on any atom is -0.383 e. The third-order valence-corrected chi connectivity index (χ3v) is 6.82. The van der Waals surface area contributed by atoms with E-state index in [1.807, 2.05) is 30.3 Å². The van der Waals surface area contributed by atoms with E-state index >= 15 is 0 Å². The fourth-order valence-electron chi connectivity index (χ4n) is 3.39. The molecule has 0 aliphatic heterocycles. The van der Waals surface area contributed by atoms with E-state index in [1.54, 1.807) is 11.3 Å². The maximum absolute atomic E-state index is 12.1. The molecule has 3 N–H and O–H groups in total. The van der Waals surface area contributed by atoms with Gasteiger partial charge in [0.2, 0.25) is 5.91 Å². The molecule has 0 saturated heterocycles. The predicted octanol–water partition coefficient (Wildman–Crippen LogP) is 3.81. The Kier molecular flexibility index (Phi) is 5.31. The van der Waals surface area contributed by atoms with Gasteiger partial charge >= 0.3 is 0 Å². The van der Waals surface area contributed by atoms with Gasteiger partial charge in [-0.2, -0.15) is 0 Å². The number of nitrogens with two attached hydrogens (primary N) is 1. The number of fused-ring (bicyclic) bond motifs is 3. The SMILES string of the molecule is C[C@H]1CCc2c(sc3nc(SCC(=O)NCc4ccccc4)nc(N)c23)C1. The average Bonchev–Trinajstić information content (AvgIpc) is 3.03.